The smallest absolute Gasteiger partial charge is 0.406 e. The van der Waals surface area contributed by atoms with E-state index in [9.17, 15) is 13.2 Å². The Morgan fingerprint density at radius 1 is 1.15 bits per heavy atom. The van der Waals surface area contributed by atoms with Crippen molar-refractivity contribution in [1.82, 2.24) is 5.32 Å². The first-order chi connectivity index (χ1) is 9.44. The standard InChI is InChI=1S/C15H18F3NO/c16-15(17,18)20-13-5-1-11(2-6-13)9-14(7-8-14)10-19-12-3-4-12/h1-2,5-6,12,19H,3-4,7-10H2. The number of hydrogen-bond donors (Lipinski definition) is 1. The third kappa shape index (κ3) is 3.88. The summed E-state index contributed by atoms with van der Waals surface area (Å²) in [5.41, 5.74) is 1.41. The molecule has 20 heavy (non-hydrogen) atoms. The van der Waals surface area contributed by atoms with Crippen LogP contribution in [0, 0.1) is 5.41 Å². The van der Waals surface area contributed by atoms with Gasteiger partial charge < -0.3 is 10.1 Å². The largest absolute Gasteiger partial charge is 0.573 e. The van der Waals surface area contributed by atoms with Gasteiger partial charge in [0.1, 0.15) is 5.75 Å². The number of halogens is 3. The van der Waals surface area contributed by atoms with Gasteiger partial charge in [-0.3, -0.25) is 0 Å². The van der Waals surface area contributed by atoms with E-state index in [-0.39, 0.29) is 5.75 Å². The highest BCUT2D eigenvalue weighted by Gasteiger charge is 2.43. The minimum Gasteiger partial charge on any atom is -0.406 e. The first-order valence-corrected chi connectivity index (χ1v) is 7.02. The van der Waals surface area contributed by atoms with Gasteiger partial charge in [-0.2, -0.15) is 0 Å². The average Bonchev–Trinajstić information content (AvgIpc) is 3.23. The zero-order valence-corrected chi connectivity index (χ0v) is 11.2. The topological polar surface area (TPSA) is 21.3 Å². The van der Waals surface area contributed by atoms with Gasteiger partial charge in [0.2, 0.25) is 0 Å². The van der Waals surface area contributed by atoms with Crippen molar-refractivity contribution in [3.63, 3.8) is 0 Å². The Balaban J connectivity index is 1.54. The average molecular weight is 285 g/mol. The number of rotatable bonds is 6. The lowest BCUT2D eigenvalue weighted by Gasteiger charge is -2.16. The zero-order chi connectivity index (χ0) is 14.2. The summed E-state index contributed by atoms with van der Waals surface area (Å²) in [4.78, 5) is 0. The molecule has 2 fully saturated rings. The lowest BCUT2D eigenvalue weighted by molar-refractivity contribution is -0.274. The molecule has 110 valence electrons. The summed E-state index contributed by atoms with van der Waals surface area (Å²) in [5, 5.41) is 3.55. The van der Waals surface area contributed by atoms with Gasteiger partial charge in [-0.15, -0.1) is 13.2 Å². The fourth-order valence-corrected chi connectivity index (χ4v) is 2.48. The molecule has 2 saturated carbocycles. The lowest BCUT2D eigenvalue weighted by Crippen LogP contribution is -2.27. The number of hydrogen-bond acceptors (Lipinski definition) is 2. The third-order valence-electron chi connectivity index (χ3n) is 4.04. The van der Waals surface area contributed by atoms with Crippen molar-refractivity contribution in [3.05, 3.63) is 29.8 Å². The monoisotopic (exact) mass is 285 g/mol. The normalized spacial score (nSPS) is 20.8. The maximum Gasteiger partial charge on any atom is 0.573 e. The quantitative estimate of drug-likeness (QED) is 0.861. The summed E-state index contributed by atoms with van der Waals surface area (Å²) >= 11 is 0. The summed E-state index contributed by atoms with van der Waals surface area (Å²) in [6, 6.07) is 6.96. The molecule has 0 aromatic heterocycles. The second kappa shape index (κ2) is 4.95. The minimum atomic E-state index is -4.62. The van der Waals surface area contributed by atoms with Crippen LogP contribution < -0.4 is 10.1 Å². The molecule has 0 spiro atoms. The molecule has 0 amide bonds. The first-order valence-electron chi connectivity index (χ1n) is 7.02. The molecule has 0 unspecified atom stereocenters. The van der Waals surface area contributed by atoms with Gasteiger partial charge in [0, 0.05) is 12.6 Å². The second-order valence-electron chi connectivity index (χ2n) is 6.02. The van der Waals surface area contributed by atoms with E-state index in [0.29, 0.717) is 11.5 Å². The SMILES string of the molecule is FC(F)(F)Oc1ccc(CC2(CNC3CC3)CC2)cc1. The van der Waals surface area contributed by atoms with Crippen LogP contribution in [0.3, 0.4) is 0 Å². The number of nitrogens with one attached hydrogen (secondary N) is 1. The van der Waals surface area contributed by atoms with E-state index >= 15 is 0 Å². The number of ether oxygens (including phenoxy) is 1. The Morgan fingerprint density at radius 2 is 1.80 bits per heavy atom. The van der Waals surface area contributed by atoms with Gasteiger partial charge in [-0.05, 0) is 55.2 Å². The fourth-order valence-electron chi connectivity index (χ4n) is 2.48. The molecule has 5 heteroatoms. The van der Waals surface area contributed by atoms with Crippen LogP contribution in [0.1, 0.15) is 31.2 Å². The Morgan fingerprint density at radius 3 is 2.30 bits per heavy atom. The van der Waals surface area contributed by atoms with Crippen molar-refractivity contribution in [2.45, 2.75) is 44.5 Å². The van der Waals surface area contributed by atoms with E-state index in [1.54, 1.807) is 12.1 Å². The van der Waals surface area contributed by atoms with Crippen LogP contribution in [0.2, 0.25) is 0 Å². The van der Waals surface area contributed by atoms with Crippen LogP contribution in [-0.2, 0) is 6.42 Å². The molecule has 1 aromatic rings. The Hall–Kier alpha value is -1.23. The molecule has 0 bridgehead atoms. The highest BCUT2D eigenvalue weighted by Crippen LogP contribution is 2.48. The third-order valence-corrected chi connectivity index (χ3v) is 4.04. The van der Waals surface area contributed by atoms with E-state index in [1.165, 1.54) is 37.8 Å². The minimum absolute atomic E-state index is 0.151. The van der Waals surface area contributed by atoms with E-state index in [2.05, 4.69) is 10.1 Å². The van der Waals surface area contributed by atoms with Gasteiger partial charge in [-0.1, -0.05) is 12.1 Å². The van der Waals surface area contributed by atoms with E-state index in [1.807, 2.05) is 0 Å². The van der Waals surface area contributed by atoms with Crippen molar-refractivity contribution >= 4 is 0 Å². The molecule has 0 radical (unpaired) electrons. The highest BCUT2D eigenvalue weighted by molar-refractivity contribution is 5.29. The van der Waals surface area contributed by atoms with E-state index in [4.69, 9.17) is 0 Å². The van der Waals surface area contributed by atoms with E-state index < -0.39 is 6.36 Å². The van der Waals surface area contributed by atoms with Crippen LogP contribution in [0.25, 0.3) is 0 Å². The molecule has 3 rings (SSSR count). The molecule has 0 aliphatic heterocycles. The molecule has 1 aromatic carbocycles. The van der Waals surface area contributed by atoms with Crippen molar-refractivity contribution in [3.8, 4) is 5.75 Å². The van der Waals surface area contributed by atoms with Crippen LogP contribution in [0.5, 0.6) is 5.75 Å². The Labute approximate surface area is 116 Å². The summed E-state index contributed by atoms with van der Waals surface area (Å²) in [6.07, 6.45) is 1.27. The lowest BCUT2D eigenvalue weighted by atomic mass is 9.96. The molecular weight excluding hydrogens is 267 g/mol. The number of alkyl halides is 3. The number of benzene rings is 1. The molecule has 2 nitrogen and oxygen atoms in total. The van der Waals surface area contributed by atoms with Gasteiger partial charge in [0.05, 0.1) is 0 Å². The van der Waals surface area contributed by atoms with Gasteiger partial charge >= 0.3 is 6.36 Å². The Bertz CT molecular complexity index is 461. The van der Waals surface area contributed by atoms with Crippen molar-refractivity contribution in [1.29, 1.82) is 0 Å². The molecule has 0 heterocycles. The first kappa shape index (κ1) is 13.7. The van der Waals surface area contributed by atoms with Gasteiger partial charge in [0.15, 0.2) is 0 Å². The highest BCUT2D eigenvalue weighted by atomic mass is 19.4. The second-order valence-corrected chi connectivity index (χ2v) is 6.02. The Kier molecular flexibility index (Phi) is 3.40. The van der Waals surface area contributed by atoms with Crippen molar-refractivity contribution < 1.29 is 17.9 Å². The van der Waals surface area contributed by atoms with Gasteiger partial charge in [-0.25, -0.2) is 0 Å². The van der Waals surface area contributed by atoms with Crippen molar-refractivity contribution in [2.75, 3.05) is 6.54 Å². The van der Waals surface area contributed by atoms with Crippen LogP contribution in [0.4, 0.5) is 13.2 Å². The summed E-state index contributed by atoms with van der Waals surface area (Å²) < 4.78 is 40.1. The summed E-state index contributed by atoms with van der Waals surface area (Å²) in [7, 11) is 0. The predicted molar refractivity (Wildman–Crippen MR) is 69.5 cm³/mol. The van der Waals surface area contributed by atoms with E-state index in [0.717, 1.165) is 18.5 Å². The maximum atomic E-state index is 12.1. The molecular formula is C15H18F3NO. The zero-order valence-electron chi connectivity index (χ0n) is 11.2. The molecule has 0 saturated heterocycles. The predicted octanol–water partition coefficient (Wildman–Crippen LogP) is 3.66. The van der Waals surface area contributed by atoms with Crippen LogP contribution in [-0.4, -0.2) is 18.9 Å². The molecule has 2 aliphatic rings. The summed E-state index contributed by atoms with van der Waals surface area (Å²) in [5.74, 6) is -0.151. The summed E-state index contributed by atoms with van der Waals surface area (Å²) in [6.45, 7) is 1.03. The van der Waals surface area contributed by atoms with Crippen molar-refractivity contribution in [2.24, 2.45) is 5.41 Å². The van der Waals surface area contributed by atoms with Crippen LogP contribution >= 0.6 is 0 Å². The molecule has 0 atom stereocenters. The molecule has 1 N–H and O–H groups in total. The van der Waals surface area contributed by atoms with Crippen LogP contribution in [0.15, 0.2) is 24.3 Å². The van der Waals surface area contributed by atoms with Gasteiger partial charge in [0.25, 0.3) is 0 Å². The molecule has 2 aliphatic carbocycles. The fraction of sp³-hybridized carbons (Fsp3) is 0.600. The maximum absolute atomic E-state index is 12.1.